The number of ketones is 1. The Morgan fingerprint density at radius 1 is 1.21 bits per heavy atom. The SMILES string of the molecule is CC(=O)c1ncccc1C(=O)N[C@H]1CC[C@H]1c1ccc(F)cc1F. The molecule has 1 saturated carbocycles. The summed E-state index contributed by atoms with van der Waals surface area (Å²) in [6, 6.07) is 6.34. The molecule has 0 aliphatic heterocycles. The van der Waals surface area contributed by atoms with Crippen LogP contribution in [0, 0.1) is 11.6 Å². The van der Waals surface area contributed by atoms with Gasteiger partial charge in [0.2, 0.25) is 0 Å². The Bertz CT molecular complexity index is 807. The van der Waals surface area contributed by atoms with Gasteiger partial charge >= 0.3 is 0 Å². The predicted octanol–water partition coefficient (Wildman–Crippen LogP) is 3.24. The summed E-state index contributed by atoms with van der Waals surface area (Å²) in [6.45, 7) is 1.35. The van der Waals surface area contributed by atoms with Gasteiger partial charge in [-0.2, -0.15) is 0 Å². The Kier molecular flexibility index (Phi) is 4.38. The second-order valence-corrected chi connectivity index (χ2v) is 5.89. The first-order chi connectivity index (χ1) is 11.5. The number of hydrogen-bond donors (Lipinski definition) is 1. The molecule has 1 amide bonds. The van der Waals surface area contributed by atoms with E-state index < -0.39 is 17.5 Å². The van der Waals surface area contributed by atoms with Gasteiger partial charge in [0.1, 0.15) is 17.3 Å². The van der Waals surface area contributed by atoms with E-state index in [4.69, 9.17) is 0 Å². The smallest absolute Gasteiger partial charge is 0.253 e. The van der Waals surface area contributed by atoms with Crippen LogP contribution < -0.4 is 5.32 Å². The van der Waals surface area contributed by atoms with Crippen molar-refractivity contribution >= 4 is 11.7 Å². The van der Waals surface area contributed by atoms with Crippen molar-refractivity contribution in [3.63, 3.8) is 0 Å². The van der Waals surface area contributed by atoms with Gasteiger partial charge in [0, 0.05) is 31.1 Å². The molecule has 124 valence electrons. The molecule has 2 aromatic rings. The van der Waals surface area contributed by atoms with Gasteiger partial charge in [-0.1, -0.05) is 6.07 Å². The summed E-state index contributed by atoms with van der Waals surface area (Å²) in [4.78, 5) is 27.9. The Labute approximate surface area is 137 Å². The Hall–Kier alpha value is -2.63. The molecule has 0 spiro atoms. The maximum atomic E-state index is 13.9. The third-order valence-corrected chi connectivity index (χ3v) is 4.34. The van der Waals surface area contributed by atoms with Crippen LogP contribution in [0.15, 0.2) is 36.5 Å². The molecule has 1 aliphatic carbocycles. The van der Waals surface area contributed by atoms with Gasteiger partial charge < -0.3 is 5.32 Å². The monoisotopic (exact) mass is 330 g/mol. The number of hydrogen-bond acceptors (Lipinski definition) is 3. The van der Waals surface area contributed by atoms with Crippen molar-refractivity contribution in [3.8, 4) is 0 Å². The highest BCUT2D eigenvalue weighted by molar-refractivity contribution is 6.06. The minimum atomic E-state index is -0.627. The minimum Gasteiger partial charge on any atom is -0.349 e. The summed E-state index contributed by atoms with van der Waals surface area (Å²) in [7, 11) is 0. The Balaban J connectivity index is 1.77. The van der Waals surface area contributed by atoms with Crippen LogP contribution in [-0.4, -0.2) is 22.7 Å². The molecule has 0 saturated heterocycles. The number of pyridine rings is 1. The highest BCUT2D eigenvalue weighted by Crippen LogP contribution is 2.38. The van der Waals surface area contributed by atoms with Gasteiger partial charge in [-0.25, -0.2) is 8.78 Å². The van der Waals surface area contributed by atoms with E-state index in [2.05, 4.69) is 10.3 Å². The number of carbonyl (C=O) groups is 2. The van der Waals surface area contributed by atoms with Gasteiger partial charge in [-0.05, 0) is 36.6 Å². The number of nitrogens with zero attached hydrogens (tertiary/aromatic N) is 1. The average Bonchev–Trinajstić information content (AvgIpc) is 2.53. The lowest BCUT2D eigenvalue weighted by molar-refractivity contribution is 0.0892. The van der Waals surface area contributed by atoms with Gasteiger partial charge in [0.15, 0.2) is 5.78 Å². The number of rotatable bonds is 4. The van der Waals surface area contributed by atoms with Crippen molar-refractivity contribution < 1.29 is 18.4 Å². The van der Waals surface area contributed by atoms with Crippen LogP contribution in [0.1, 0.15) is 52.1 Å². The minimum absolute atomic E-state index is 0.110. The first-order valence-corrected chi connectivity index (χ1v) is 7.69. The highest BCUT2D eigenvalue weighted by Gasteiger charge is 2.35. The maximum Gasteiger partial charge on any atom is 0.253 e. The van der Waals surface area contributed by atoms with E-state index in [1.807, 2.05) is 0 Å². The largest absolute Gasteiger partial charge is 0.349 e. The number of Topliss-reactive ketones (excluding diaryl/α,β-unsaturated/α-hetero) is 1. The lowest BCUT2D eigenvalue weighted by atomic mass is 9.74. The number of halogens is 2. The van der Waals surface area contributed by atoms with E-state index in [0.717, 1.165) is 6.07 Å². The zero-order valence-electron chi connectivity index (χ0n) is 13.1. The van der Waals surface area contributed by atoms with Gasteiger partial charge in [0.25, 0.3) is 5.91 Å². The van der Waals surface area contributed by atoms with E-state index >= 15 is 0 Å². The zero-order valence-corrected chi connectivity index (χ0v) is 13.1. The predicted molar refractivity (Wildman–Crippen MR) is 83.8 cm³/mol. The molecular weight excluding hydrogens is 314 g/mol. The molecule has 0 radical (unpaired) electrons. The molecule has 1 aromatic heterocycles. The number of benzene rings is 1. The summed E-state index contributed by atoms with van der Waals surface area (Å²) in [5, 5.41) is 2.83. The van der Waals surface area contributed by atoms with E-state index in [0.29, 0.717) is 18.4 Å². The summed E-state index contributed by atoms with van der Waals surface area (Å²) in [5.41, 5.74) is 0.708. The lowest BCUT2D eigenvalue weighted by Gasteiger charge is -2.37. The van der Waals surface area contributed by atoms with Gasteiger partial charge in [-0.3, -0.25) is 14.6 Å². The number of nitrogens with one attached hydrogen (secondary N) is 1. The van der Waals surface area contributed by atoms with Crippen LogP contribution in [-0.2, 0) is 0 Å². The molecule has 1 aromatic carbocycles. The van der Waals surface area contributed by atoms with Crippen molar-refractivity contribution in [2.75, 3.05) is 0 Å². The molecule has 1 aliphatic rings. The number of carbonyl (C=O) groups excluding carboxylic acids is 2. The zero-order chi connectivity index (χ0) is 17.3. The molecule has 2 atom stereocenters. The fourth-order valence-corrected chi connectivity index (χ4v) is 2.96. The van der Waals surface area contributed by atoms with Crippen LogP contribution in [0.2, 0.25) is 0 Å². The third kappa shape index (κ3) is 3.04. The van der Waals surface area contributed by atoms with Crippen LogP contribution in [0.4, 0.5) is 8.78 Å². The lowest BCUT2D eigenvalue weighted by Crippen LogP contribution is -2.46. The molecular formula is C18H16F2N2O2. The molecule has 1 fully saturated rings. The number of aromatic nitrogens is 1. The molecule has 6 heteroatoms. The van der Waals surface area contributed by atoms with Crippen molar-refractivity contribution in [2.24, 2.45) is 0 Å². The maximum absolute atomic E-state index is 13.9. The molecule has 4 nitrogen and oxygen atoms in total. The van der Waals surface area contributed by atoms with Crippen molar-refractivity contribution in [1.29, 1.82) is 0 Å². The topological polar surface area (TPSA) is 59.1 Å². The molecule has 1 N–H and O–H groups in total. The first-order valence-electron chi connectivity index (χ1n) is 7.69. The van der Waals surface area contributed by atoms with Crippen LogP contribution in [0.5, 0.6) is 0 Å². The van der Waals surface area contributed by atoms with Gasteiger partial charge in [-0.15, -0.1) is 0 Å². The van der Waals surface area contributed by atoms with Crippen LogP contribution >= 0.6 is 0 Å². The third-order valence-electron chi connectivity index (χ3n) is 4.34. The molecule has 0 unspecified atom stereocenters. The second kappa shape index (κ2) is 6.47. The molecule has 1 heterocycles. The number of amides is 1. The standard InChI is InChI=1S/C18H16F2N2O2/c1-10(23)17-14(3-2-8-21-17)18(24)22-16-7-6-13(16)12-5-4-11(19)9-15(12)20/h2-5,8-9,13,16H,6-7H2,1H3,(H,22,24)/t13-,16-/m0/s1. The highest BCUT2D eigenvalue weighted by atomic mass is 19.1. The van der Waals surface area contributed by atoms with E-state index in [-0.39, 0.29) is 29.0 Å². The Morgan fingerprint density at radius 3 is 2.62 bits per heavy atom. The summed E-state index contributed by atoms with van der Waals surface area (Å²) < 4.78 is 27.0. The molecule has 0 bridgehead atoms. The summed E-state index contributed by atoms with van der Waals surface area (Å²) in [5.74, 6) is -2.14. The van der Waals surface area contributed by atoms with E-state index in [1.54, 1.807) is 6.07 Å². The quantitative estimate of drug-likeness (QED) is 0.876. The first kappa shape index (κ1) is 16.2. The summed E-state index contributed by atoms with van der Waals surface area (Å²) in [6.07, 6.45) is 2.86. The van der Waals surface area contributed by atoms with Gasteiger partial charge in [0.05, 0.1) is 5.56 Å². The molecule has 24 heavy (non-hydrogen) atoms. The fraction of sp³-hybridized carbons (Fsp3) is 0.278. The average molecular weight is 330 g/mol. The van der Waals surface area contributed by atoms with Crippen LogP contribution in [0.25, 0.3) is 0 Å². The summed E-state index contributed by atoms with van der Waals surface area (Å²) >= 11 is 0. The Morgan fingerprint density at radius 2 is 2.00 bits per heavy atom. The van der Waals surface area contributed by atoms with Crippen molar-refractivity contribution in [2.45, 2.75) is 31.7 Å². The fourth-order valence-electron chi connectivity index (χ4n) is 2.96. The van der Waals surface area contributed by atoms with E-state index in [9.17, 15) is 18.4 Å². The van der Waals surface area contributed by atoms with Crippen LogP contribution in [0.3, 0.4) is 0 Å². The normalized spacial score (nSPS) is 19.5. The second-order valence-electron chi connectivity index (χ2n) is 5.89. The van der Waals surface area contributed by atoms with Crippen molar-refractivity contribution in [3.05, 3.63) is 65.0 Å². The molecule has 3 rings (SSSR count). The van der Waals surface area contributed by atoms with E-state index in [1.165, 1.54) is 31.3 Å². The van der Waals surface area contributed by atoms with Crippen molar-refractivity contribution in [1.82, 2.24) is 10.3 Å².